The van der Waals surface area contributed by atoms with Gasteiger partial charge in [-0.15, -0.1) is 0 Å². The van der Waals surface area contributed by atoms with Crippen LogP contribution in [0.2, 0.25) is 0 Å². The fourth-order valence-corrected chi connectivity index (χ4v) is 9.05. The van der Waals surface area contributed by atoms with E-state index < -0.39 is 35.9 Å². The number of fused-ring (bicyclic) bond motifs is 7. The standard InChI is InChI=1S/C40H35N7O6/c1-17(2)31-38-46-33-34(53-38)40-23-7-3-6-21(20-5-4-8-25-30(20)22(15-42-25)29-16-43-37(33)51-29)32(23)47-39(40)52-28-10-9-18(11-24(28)40)12-27(36(50)45-31)44-35(49)26-13-19(48)14-41-26/h3-11,15-17,19,26-27,31,39,41-42,47-48H,12-14H2,1-2H3,(H,44,49)(H,45,50)/t19-,26+,27+,31?,39?,40+/m1/s1. The summed E-state index contributed by atoms with van der Waals surface area (Å²) >= 11 is 0. The average molecular weight is 710 g/mol. The fourth-order valence-electron chi connectivity index (χ4n) is 9.05. The van der Waals surface area contributed by atoms with E-state index in [-0.39, 0.29) is 42.4 Å². The molecule has 6 N–H and O–H groups in total. The SMILES string of the molecule is CC(C)C1NC(=O)[C@@H](NC(=O)[C@@H]2C[C@@H](O)CN2)Cc2ccc3c(c2)[C@]24c5cccc(c5NC2O3)-c2cccc3[nH]cc(c23)-c2cnc(o2)-c2nc1oc24. The average Bonchev–Trinajstić information content (AvgIpc) is 3.99. The second-order valence-corrected chi connectivity index (χ2v) is 15.0. The number of hydrogen-bond donors (Lipinski definition) is 6. The molecule has 2 amide bonds. The van der Waals surface area contributed by atoms with Crippen LogP contribution in [-0.2, 0) is 21.4 Å². The predicted molar refractivity (Wildman–Crippen MR) is 193 cm³/mol. The van der Waals surface area contributed by atoms with E-state index in [2.05, 4.69) is 50.5 Å². The summed E-state index contributed by atoms with van der Waals surface area (Å²) in [4.78, 5) is 41.1. The second-order valence-electron chi connectivity index (χ2n) is 15.0. The highest BCUT2D eigenvalue weighted by Crippen LogP contribution is 2.61. The zero-order valence-corrected chi connectivity index (χ0v) is 28.8. The number of amides is 2. The predicted octanol–water partition coefficient (Wildman–Crippen LogP) is 4.51. The fraction of sp³-hybridized carbons (Fsp3) is 0.300. The Morgan fingerprint density at radius 1 is 1.04 bits per heavy atom. The summed E-state index contributed by atoms with van der Waals surface area (Å²) in [5.74, 6) is 1.42. The number of rotatable bonds is 3. The van der Waals surface area contributed by atoms with Gasteiger partial charge in [0.05, 0.1) is 18.3 Å². The molecule has 1 spiro atoms. The van der Waals surface area contributed by atoms with Crippen molar-refractivity contribution in [2.75, 3.05) is 11.9 Å². The van der Waals surface area contributed by atoms with Gasteiger partial charge in [0.25, 0.3) is 0 Å². The molecular formula is C40H35N7O6. The minimum atomic E-state index is -1.05. The summed E-state index contributed by atoms with van der Waals surface area (Å²) in [7, 11) is 0. The number of H-pyrrole nitrogens is 1. The topological polar surface area (TPSA) is 180 Å². The summed E-state index contributed by atoms with van der Waals surface area (Å²) in [6, 6.07) is 16.2. The molecule has 6 atom stereocenters. The maximum absolute atomic E-state index is 14.2. The lowest BCUT2D eigenvalue weighted by Crippen LogP contribution is -2.53. The lowest BCUT2D eigenvalue weighted by molar-refractivity contribution is -0.130. The van der Waals surface area contributed by atoms with Crippen molar-refractivity contribution in [3.05, 3.63) is 95.3 Å². The van der Waals surface area contributed by atoms with Gasteiger partial charge < -0.3 is 44.9 Å². The molecule has 3 aromatic carbocycles. The molecule has 266 valence electrons. The smallest absolute Gasteiger partial charge is 0.249 e. The van der Waals surface area contributed by atoms with Crippen molar-refractivity contribution in [2.45, 2.75) is 62.6 Å². The maximum atomic E-state index is 14.2. The molecule has 1 fully saturated rings. The van der Waals surface area contributed by atoms with Crippen molar-refractivity contribution in [1.82, 2.24) is 30.9 Å². The van der Waals surface area contributed by atoms with Crippen molar-refractivity contribution in [1.29, 1.82) is 0 Å². The molecule has 0 radical (unpaired) electrons. The van der Waals surface area contributed by atoms with Gasteiger partial charge in [0.15, 0.2) is 23.4 Å². The van der Waals surface area contributed by atoms with Crippen LogP contribution in [0.5, 0.6) is 5.75 Å². The first kappa shape index (κ1) is 30.7. The quantitative estimate of drug-likeness (QED) is 0.153. The first-order valence-electron chi connectivity index (χ1n) is 18.1. The van der Waals surface area contributed by atoms with Gasteiger partial charge in [0.2, 0.25) is 23.6 Å². The summed E-state index contributed by atoms with van der Waals surface area (Å²) in [5, 5.41) is 24.1. The number of para-hydroxylation sites is 1. The third-order valence-corrected chi connectivity index (χ3v) is 11.6. The number of β-amino-alcohol motifs (C(OH)–C–C–N with tert-alkyl or cyclic N) is 1. The van der Waals surface area contributed by atoms with Crippen LogP contribution in [0.15, 0.2) is 75.8 Å². The van der Waals surface area contributed by atoms with Crippen molar-refractivity contribution in [3.8, 4) is 39.8 Å². The highest BCUT2D eigenvalue weighted by atomic mass is 16.5. The molecule has 5 aliphatic heterocycles. The van der Waals surface area contributed by atoms with E-state index >= 15 is 0 Å². The number of aliphatic hydroxyl groups is 1. The molecule has 1 saturated heterocycles. The normalized spacial score (nSPS) is 26.0. The van der Waals surface area contributed by atoms with Crippen LogP contribution in [0.3, 0.4) is 0 Å². The molecule has 2 unspecified atom stereocenters. The zero-order chi connectivity index (χ0) is 35.7. The molecule has 3 aromatic heterocycles. The van der Waals surface area contributed by atoms with Gasteiger partial charge in [-0.1, -0.05) is 56.3 Å². The number of ether oxygens (including phenoxy) is 1. The number of oxazole rings is 2. The van der Waals surface area contributed by atoms with Gasteiger partial charge in [-0.25, -0.2) is 9.97 Å². The Hall–Kier alpha value is -5.92. The summed E-state index contributed by atoms with van der Waals surface area (Å²) in [5.41, 5.74) is 6.72. The third-order valence-electron chi connectivity index (χ3n) is 11.6. The van der Waals surface area contributed by atoms with E-state index in [0.717, 1.165) is 50.0 Å². The number of nitrogens with one attached hydrogen (secondary N) is 5. The molecule has 11 rings (SSSR count). The zero-order valence-electron chi connectivity index (χ0n) is 28.8. The number of aliphatic hydroxyl groups excluding tert-OH is 1. The van der Waals surface area contributed by atoms with Gasteiger partial charge in [0, 0.05) is 58.0 Å². The van der Waals surface area contributed by atoms with Gasteiger partial charge in [-0.2, -0.15) is 0 Å². The second kappa shape index (κ2) is 10.8. The van der Waals surface area contributed by atoms with Crippen molar-refractivity contribution in [2.24, 2.45) is 5.92 Å². The molecular weight excluding hydrogens is 674 g/mol. The van der Waals surface area contributed by atoms with Crippen molar-refractivity contribution in [3.63, 3.8) is 0 Å². The number of carbonyl (C=O) groups is 2. The third kappa shape index (κ3) is 4.20. The lowest BCUT2D eigenvalue weighted by atomic mass is 9.72. The molecule has 10 bridgehead atoms. The van der Waals surface area contributed by atoms with E-state index in [9.17, 15) is 14.7 Å². The first-order valence-corrected chi connectivity index (χ1v) is 18.1. The number of hydrogen-bond acceptors (Lipinski definition) is 10. The molecule has 5 aliphatic rings. The first-order chi connectivity index (χ1) is 25.8. The Morgan fingerprint density at radius 2 is 1.91 bits per heavy atom. The van der Waals surface area contributed by atoms with Crippen LogP contribution in [0.25, 0.3) is 44.9 Å². The Kier molecular flexibility index (Phi) is 6.26. The molecule has 0 aliphatic carbocycles. The van der Waals surface area contributed by atoms with E-state index in [0.29, 0.717) is 29.5 Å². The maximum Gasteiger partial charge on any atom is 0.249 e. The van der Waals surface area contributed by atoms with Gasteiger partial charge >= 0.3 is 0 Å². The molecule has 53 heavy (non-hydrogen) atoms. The van der Waals surface area contributed by atoms with Crippen LogP contribution in [0.4, 0.5) is 5.69 Å². The Morgan fingerprint density at radius 3 is 2.75 bits per heavy atom. The molecule has 6 aromatic rings. The monoisotopic (exact) mass is 709 g/mol. The van der Waals surface area contributed by atoms with Crippen LogP contribution in [-0.4, -0.2) is 62.8 Å². The Bertz CT molecular complexity index is 2530. The number of carbonyl (C=O) groups excluding carboxylic acids is 2. The van der Waals surface area contributed by atoms with E-state index in [1.54, 1.807) is 6.20 Å². The summed E-state index contributed by atoms with van der Waals surface area (Å²) < 4.78 is 20.4. The summed E-state index contributed by atoms with van der Waals surface area (Å²) in [6.45, 7) is 4.28. The molecule has 13 heteroatoms. The summed E-state index contributed by atoms with van der Waals surface area (Å²) in [6.07, 6.45) is 2.88. The molecule has 8 heterocycles. The number of anilines is 1. The number of benzene rings is 3. The molecule has 0 saturated carbocycles. The highest BCUT2D eigenvalue weighted by Gasteiger charge is 2.61. The minimum absolute atomic E-state index is 0.156. The van der Waals surface area contributed by atoms with E-state index in [1.807, 2.05) is 50.4 Å². The van der Waals surface area contributed by atoms with Crippen LogP contribution in [0, 0.1) is 5.92 Å². The lowest BCUT2D eigenvalue weighted by Gasteiger charge is -2.29. The van der Waals surface area contributed by atoms with Crippen LogP contribution in [0.1, 0.15) is 54.7 Å². The number of nitrogens with zero attached hydrogens (tertiary/aromatic N) is 2. The van der Waals surface area contributed by atoms with Crippen molar-refractivity contribution >= 4 is 28.4 Å². The highest BCUT2D eigenvalue weighted by molar-refractivity contribution is 6.07. The Labute approximate surface area is 302 Å². The number of aromatic amines is 1. The largest absolute Gasteiger partial charge is 0.469 e. The minimum Gasteiger partial charge on any atom is -0.469 e. The molecule has 13 nitrogen and oxygen atoms in total. The van der Waals surface area contributed by atoms with Gasteiger partial charge in [-0.3, -0.25) is 9.59 Å². The Balaban J connectivity index is 1.18. The van der Waals surface area contributed by atoms with Crippen LogP contribution >= 0.6 is 0 Å². The van der Waals surface area contributed by atoms with E-state index in [4.69, 9.17) is 23.5 Å². The van der Waals surface area contributed by atoms with Gasteiger partial charge in [-0.05, 0) is 35.6 Å². The van der Waals surface area contributed by atoms with Crippen molar-refractivity contribution < 1.29 is 28.3 Å². The van der Waals surface area contributed by atoms with Gasteiger partial charge in [0.1, 0.15) is 23.2 Å². The van der Waals surface area contributed by atoms with E-state index in [1.165, 1.54) is 0 Å². The van der Waals surface area contributed by atoms with Crippen LogP contribution < -0.4 is 26.0 Å². The number of aromatic nitrogens is 3.